The van der Waals surface area contributed by atoms with Gasteiger partial charge >= 0.3 is 5.97 Å². The van der Waals surface area contributed by atoms with Gasteiger partial charge in [0.1, 0.15) is 0 Å². The number of carboxylic acid groups (broad SMARTS) is 1. The SMILES string of the molecule is CC(C(=O)O)S(=O)(=O)N(Cc1cccnc1)C1CC1. The zero-order valence-electron chi connectivity index (χ0n) is 10.6. The Hall–Kier alpha value is -1.47. The molecule has 1 heterocycles. The standard InChI is InChI=1S/C12H16N2O4S/c1-9(12(15)16)19(17,18)14(11-4-5-11)8-10-3-2-6-13-7-10/h2-3,6-7,9,11H,4-5,8H2,1H3,(H,15,16). The van der Waals surface area contributed by atoms with Gasteiger partial charge in [0.15, 0.2) is 5.25 Å². The number of nitrogens with zero attached hydrogens (tertiary/aromatic N) is 2. The van der Waals surface area contributed by atoms with Crippen LogP contribution in [0.1, 0.15) is 25.3 Å². The predicted molar refractivity (Wildman–Crippen MR) is 68.8 cm³/mol. The first-order valence-corrected chi connectivity index (χ1v) is 7.55. The topological polar surface area (TPSA) is 87.6 Å². The second kappa shape index (κ2) is 5.26. The zero-order chi connectivity index (χ0) is 14.0. The van der Waals surface area contributed by atoms with Crippen LogP contribution in [0, 0.1) is 0 Å². The monoisotopic (exact) mass is 284 g/mol. The number of pyridine rings is 1. The van der Waals surface area contributed by atoms with Crippen LogP contribution in [0.5, 0.6) is 0 Å². The number of aliphatic carboxylic acids is 1. The Balaban J connectivity index is 2.24. The van der Waals surface area contributed by atoms with E-state index in [1.165, 1.54) is 11.2 Å². The van der Waals surface area contributed by atoms with Crippen molar-refractivity contribution in [1.82, 2.24) is 9.29 Å². The molecular formula is C12H16N2O4S. The fraction of sp³-hybridized carbons (Fsp3) is 0.500. The van der Waals surface area contributed by atoms with Crippen molar-refractivity contribution in [1.29, 1.82) is 0 Å². The Morgan fingerprint density at radius 2 is 2.26 bits per heavy atom. The summed E-state index contributed by atoms with van der Waals surface area (Å²) in [6.45, 7) is 1.38. The molecule has 0 aromatic carbocycles. The second-order valence-corrected chi connectivity index (χ2v) is 6.87. The zero-order valence-corrected chi connectivity index (χ0v) is 11.4. The van der Waals surface area contributed by atoms with Crippen LogP contribution in [0.15, 0.2) is 24.5 Å². The third kappa shape index (κ3) is 3.10. The molecule has 0 aliphatic heterocycles. The van der Waals surface area contributed by atoms with E-state index >= 15 is 0 Å². The number of rotatable bonds is 6. The number of carbonyl (C=O) groups is 1. The van der Waals surface area contributed by atoms with E-state index in [1.807, 2.05) is 0 Å². The number of hydrogen-bond donors (Lipinski definition) is 1. The lowest BCUT2D eigenvalue weighted by atomic mass is 10.3. The van der Waals surface area contributed by atoms with E-state index < -0.39 is 21.2 Å². The van der Waals surface area contributed by atoms with Crippen molar-refractivity contribution in [3.05, 3.63) is 30.1 Å². The summed E-state index contributed by atoms with van der Waals surface area (Å²) in [6.07, 6.45) is 4.77. The van der Waals surface area contributed by atoms with Gasteiger partial charge in [-0.05, 0) is 31.4 Å². The molecule has 0 bridgehead atoms. The fourth-order valence-electron chi connectivity index (χ4n) is 1.79. The molecule has 7 heteroatoms. The molecule has 1 aliphatic carbocycles. The molecule has 6 nitrogen and oxygen atoms in total. The lowest BCUT2D eigenvalue weighted by molar-refractivity contribution is -0.136. The van der Waals surface area contributed by atoms with Crippen molar-refractivity contribution in [2.45, 2.75) is 37.6 Å². The molecule has 104 valence electrons. The molecule has 19 heavy (non-hydrogen) atoms. The van der Waals surface area contributed by atoms with E-state index in [4.69, 9.17) is 5.11 Å². The lowest BCUT2D eigenvalue weighted by Crippen LogP contribution is -2.42. The van der Waals surface area contributed by atoms with Crippen LogP contribution < -0.4 is 0 Å². The minimum Gasteiger partial charge on any atom is -0.480 e. The van der Waals surface area contributed by atoms with Gasteiger partial charge in [0.25, 0.3) is 0 Å². The molecule has 0 spiro atoms. The highest BCUT2D eigenvalue weighted by Gasteiger charge is 2.42. The number of carboxylic acids is 1. The molecule has 0 radical (unpaired) electrons. The van der Waals surface area contributed by atoms with Crippen LogP contribution >= 0.6 is 0 Å². The summed E-state index contributed by atoms with van der Waals surface area (Å²) in [7, 11) is -3.83. The van der Waals surface area contributed by atoms with Crippen LogP contribution in [0.2, 0.25) is 0 Å². The quantitative estimate of drug-likeness (QED) is 0.836. The fourth-order valence-corrected chi connectivity index (χ4v) is 3.41. The van der Waals surface area contributed by atoms with E-state index in [1.54, 1.807) is 24.5 Å². The van der Waals surface area contributed by atoms with Gasteiger partial charge in [-0.2, -0.15) is 4.31 Å². The van der Waals surface area contributed by atoms with Crippen LogP contribution in [0.25, 0.3) is 0 Å². The summed E-state index contributed by atoms with van der Waals surface area (Å²) < 4.78 is 25.9. The van der Waals surface area contributed by atoms with Crippen LogP contribution in [0.3, 0.4) is 0 Å². The molecule has 0 saturated heterocycles. The molecule has 0 amide bonds. The Kier molecular flexibility index (Phi) is 3.86. The van der Waals surface area contributed by atoms with E-state index in [2.05, 4.69) is 4.98 Å². The molecule has 1 fully saturated rings. The minimum absolute atomic E-state index is 0.0768. The molecule has 2 rings (SSSR count). The van der Waals surface area contributed by atoms with E-state index in [0.717, 1.165) is 18.4 Å². The molecular weight excluding hydrogens is 268 g/mol. The highest BCUT2D eigenvalue weighted by atomic mass is 32.2. The summed E-state index contributed by atoms with van der Waals surface area (Å²) in [5.41, 5.74) is 0.760. The van der Waals surface area contributed by atoms with E-state index in [-0.39, 0.29) is 12.6 Å². The van der Waals surface area contributed by atoms with Crippen molar-refractivity contribution < 1.29 is 18.3 Å². The van der Waals surface area contributed by atoms with Crippen molar-refractivity contribution >= 4 is 16.0 Å². The summed E-state index contributed by atoms with van der Waals surface area (Å²) in [5, 5.41) is 7.49. The van der Waals surface area contributed by atoms with E-state index in [9.17, 15) is 13.2 Å². The first-order valence-electron chi connectivity index (χ1n) is 6.05. The molecule has 1 aromatic heterocycles. The summed E-state index contributed by atoms with van der Waals surface area (Å²) in [4.78, 5) is 14.9. The molecule has 1 N–H and O–H groups in total. The highest BCUT2D eigenvalue weighted by Crippen LogP contribution is 2.32. The van der Waals surface area contributed by atoms with Crippen LogP contribution in [-0.4, -0.2) is 40.1 Å². The highest BCUT2D eigenvalue weighted by molar-refractivity contribution is 7.90. The molecule has 1 saturated carbocycles. The smallest absolute Gasteiger partial charge is 0.323 e. The van der Waals surface area contributed by atoms with Gasteiger partial charge in [-0.15, -0.1) is 0 Å². The summed E-state index contributed by atoms with van der Waals surface area (Å²) in [5.74, 6) is -1.32. The Labute approximate surface area is 112 Å². The Morgan fingerprint density at radius 1 is 1.58 bits per heavy atom. The summed E-state index contributed by atoms with van der Waals surface area (Å²) in [6, 6.07) is 3.43. The average molecular weight is 284 g/mol. The Morgan fingerprint density at radius 3 is 2.74 bits per heavy atom. The van der Waals surface area contributed by atoms with Gasteiger partial charge in [0.05, 0.1) is 0 Å². The van der Waals surface area contributed by atoms with Crippen molar-refractivity contribution in [3.63, 3.8) is 0 Å². The van der Waals surface area contributed by atoms with Gasteiger partial charge < -0.3 is 5.11 Å². The third-order valence-corrected chi connectivity index (χ3v) is 5.31. The Bertz CT molecular complexity index is 554. The maximum absolute atomic E-state index is 12.3. The normalized spacial score (nSPS) is 17.4. The van der Waals surface area contributed by atoms with Crippen LogP contribution in [-0.2, 0) is 21.4 Å². The number of hydrogen-bond acceptors (Lipinski definition) is 4. The first kappa shape index (κ1) is 14.0. The molecule has 1 aromatic rings. The molecule has 1 aliphatic rings. The largest absolute Gasteiger partial charge is 0.480 e. The van der Waals surface area contributed by atoms with Crippen LogP contribution in [0.4, 0.5) is 0 Å². The predicted octanol–water partition coefficient (Wildman–Crippen LogP) is 0.849. The molecule has 1 unspecified atom stereocenters. The second-order valence-electron chi connectivity index (χ2n) is 4.66. The van der Waals surface area contributed by atoms with Crippen molar-refractivity contribution in [2.24, 2.45) is 0 Å². The minimum atomic E-state index is -3.83. The first-order chi connectivity index (χ1) is 8.93. The van der Waals surface area contributed by atoms with Gasteiger partial charge in [0, 0.05) is 25.0 Å². The average Bonchev–Trinajstić information content (AvgIpc) is 3.20. The molecule has 1 atom stereocenters. The van der Waals surface area contributed by atoms with Gasteiger partial charge in [-0.1, -0.05) is 6.07 Å². The number of sulfonamides is 1. The van der Waals surface area contributed by atoms with Crippen molar-refractivity contribution in [2.75, 3.05) is 0 Å². The maximum atomic E-state index is 12.3. The van der Waals surface area contributed by atoms with Gasteiger partial charge in [-0.3, -0.25) is 9.78 Å². The third-order valence-electron chi connectivity index (χ3n) is 3.14. The van der Waals surface area contributed by atoms with Gasteiger partial charge in [-0.25, -0.2) is 8.42 Å². The lowest BCUT2D eigenvalue weighted by Gasteiger charge is -2.23. The van der Waals surface area contributed by atoms with E-state index in [0.29, 0.717) is 0 Å². The maximum Gasteiger partial charge on any atom is 0.323 e. The summed E-state index contributed by atoms with van der Waals surface area (Å²) >= 11 is 0. The number of aromatic nitrogens is 1. The van der Waals surface area contributed by atoms with Crippen molar-refractivity contribution in [3.8, 4) is 0 Å². The van der Waals surface area contributed by atoms with Gasteiger partial charge in [0.2, 0.25) is 10.0 Å².